The average molecular weight is 470 g/mol. The van der Waals surface area contributed by atoms with E-state index >= 15 is 0 Å². The molecule has 0 bridgehead atoms. The van der Waals surface area contributed by atoms with E-state index in [1.807, 2.05) is 62.4 Å². The van der Waals surface area contributed by atoms with E-state index in [-0.39, 0.29) is 0 Å². The fourth-order valence-electron chi connectivity index (χ4n) is 3.43. The minimum Gasteiger partial charge on any atom is -0.494 e. The number of aryl methyl sites for hydroxylation is 2. The summed E-state index contributed by atoms with van der Waals surface area (Å²) in [7, 11) is 1.53. The quantitative estimate of drug-likeness (QED) is 0.123. The minimum atomic E-state index is 0.439. The van der Waals surface area contributed by atoms with E-state index in [0.717, 1.165) is 58.9 Å². The van der Waals surface area contributed by atoms with Crippen LogP contribution in [-0.2, 0) is 16.2 Å². The van der Waals surface area contributed by atoms with E-state index in [0.29, 0.717) is 33.0 Å². The van der Waals surface area contributed by atoms with E-state index < -0.39 is 0 Å². The number of allylic oxidation sites excluding steroid dienone is 1. The van der Waals surface area contributed by atoms with E-state index in [9.17, 15) is 0 Å². The van der Waals surface area contributed by atoms with E-state index in [4.69, 9.17) is 23.8 Å². The van der Waals surface area contributed by atoms with Crippen molar-refractivity contribution in [2.45, 2.75) is 53.6 Å². The molecule has 0 heterocycles. The molecule has 2 aromatic carbocycles. The van der Waals surface area contributed by atoms with Gasteiger partial charge in [-0.1, -0.05) is 29.4 Å². The second-order valence-corrected chi connectivity index (χ2v) is 8.17. The Labute approximate surface area is 204 Å². The van der Waals surface area contributed by atoms with Gasteiger partial charge >= 0.3 is 0 Å². The Morgan fingerprint density at radius 1 is 0.912 bits per heavy atom. The van der Waals surface area contributed by atoms with Crippen LogP contribution in [0.5, 0.6) is 17.2 Å². The largest absolute Gasteiger partial charge is 0.494 e. The number of hydrogen-bond donors (Lipinski definition) is 0. The minimum absolute atomic E-state index is 0.439. The number of benzene rings is 2. The second kappa shape index (κ2) is 15.8. The summed E-state index contributed by atoms with van der Waals surface area (Å²) in [6.45, 7) is 10.9. The first-order valence-corrected chi connectivity index (χ1v) is 11.9. The van der Waals surface area contributed by atoms with Gasteiger partial charge in [0.15, 0.2) is 0 Å². The molecule has 0 unspecified atom stereocenters. The Bertz CT molecular complexity index is 900. The third-order valence-electron chi connectivity index (χ3n) is 5.04. The first-order valence-electron chi connectivity index (χ1n) is 11.9. The van der Waals surface area contributed by atoms with Gasteiger partial charge in [0, 0.05) is 0 Å². The molecule has 0 aliphatic rings. The molecule has 2 rings (SSSR count). The number of oxime groups is 1. The van der Waals surface area contributed by atoms with Crippen molar-refractivity contribution in [2.24, 2.45) is 5.16 Å². The predicted octanol–water partition coefficient (Wildman–Crippen LogP) is 6.43. The molecule has 0 atom stereocenters. The molecular formula is C28H39NO5. The van der Waals surface area contributed by atoms with Gasteiger partial charge in [-0.3, -0.25) is 0 Å². The van der Waals surface area contributed by atoms with Crippen molar-refractivity contribution in [1.29, 1.82) is 0 Å². The van der Waals surface area contributed by atoms with Gasteiger partial charge in [-0.25, -0.2) is 0 Å². The molecule has 34 heavy (non-hydrogen) atoms. The monoisotopic (exact) mass is 469 g/mol. The van der Waals surface area contributed by atoms with Crippen molar-refractivity contribution >= 4 is 5.71 Å². The summed E-state index contributed by atoms with van der Waals surface area (Å²) in [4.78, 5) is 4.73. The molecule has 6 nitrogen and oxygen atoms in total. The van der Waals surface area contributed by atoms with E-state index in [2.05, 4.69) is 19.0 Å². The maximum Gasteiger partial charge on any atom is 0.125 e. The molecule has 0 amide bonds. The highest BCUT2D eigenvalue weighted by Crippen LogP contribution is 2.28. The first-order chi connectivity index (χ1) is 16.5. The van der Waals surface area contributed by atoms with Crippen LogP contribution in [-0.4, -0.2) is 39.2 Å². The van der Waals surface area contributed by atoms with E-state index in [1.54, 1.807) is 0 Å². The van der Waals surface area contributed by atoms with Crippen molar-refractivity contribution in [2.75, 3.05) is 33.5 Å². The van der Waals surface area contributed by atoms with Gasteiger partial charge in [0.1, 0.15) is 31.0 Å². The van der Waals surface area contributed by atoms with Crippen molar-refractivity contribution in [3.8, 4) is 17.2 Å². The highest BCUT2D eigenvalue weighted by Gasteiger charge is 2.07. The lowest BCUT2D eigenvalue weighted by Crippen LogP contribution is -2.05. The third kappa shape index (κ3) is 10.3. The smallest absolute Gasteiger partial charge is 0.125 e. The zero-order valence-electron chi connectivity index (χ0n) is 21.3. The topological polar surface area (TPSA) is 58.5 Å². The molecule has 0 aliphatic carbocycles. The van der Waals surface area contributed by atoms with Gasteiger partial charge in [-0.15, -0.1) is 0 Å². The molecule has 0 spiro atoms. The lowest BCUT2D eigenvalue weighted by atomic mass is 10.1. The van der Waals surface area contributed by atoms with Gasteiger partial charge in [-0.05, 0) is 87.9 Å². The lowest BCUT2D eigenvalue weighted by molar-refractivity contribution is 0.150. The highest BCUT2D eigenvalue weighted by molar-refractivity contribution is 5.82. The van der Waals surface area contributed by atoms with Gasteiger partial charge in [0.25, 0.3) is 0 Å². The number of hydrogen-bond acceptors (Lipinski definition) is 6. The predicted molar refractivity (Wildman–Crippen MR) is 137 cm³/mol. The second-order valence-electron chi connectivity index (χ2n) is 8.17. The van der Waals surface area contributed by atoms with Crippen LogP contribution in [0.25, 0.3) is 0 Å². The molecule has 0 saturated heterocycles. The van der Waals surface area contributed by atoms with Gasteiger partial charge in [-0.2, -0.15) is 0 Å². The van der Waals surface area contributed by atoms with Crippen molar-refractivity contribution in [3.05, 3.63) is 65.2 Å². The molecule has 6 heteroatoms. The van der Waals surface area contributed by atoms with Crippen molar-refractivity contribution in [3.63, 3.8) is 0 Å². The molecule has 0 N–H and O–H groups in total. The maximum absolute atomic E-state index is 6.06. The molecule has 0 saturated carbocycles. The summed E-state index contributed by atoms with van der Waals surface area (Å²) in [6, 6.07) is 12.1. The molecule has 0 aliphatic heterocycles. The van der Waals surface area contributed by atoms with Gasteiger partial charge < -0.3 is 23.8 Å². The summed E-state index contributed by atoms with van der Waals surface area (Å²) in [6.07, 6.45) is 6.98. The number of ether oxygens (including phenoxy) is 4. The Hall–Kier alpha value is -2.99. The number of rotatable bonds is 16. The molecule has 186 valence electrons. The van der Waals surface area contributed by atoms with Gasteiger partial charge in [0.05, 0.1) is 32.1 Å². The van der Waals surface area contributed by atoms with Crippen LogP contribution >= 0.6 is 0 Å². The van der Waals surface area contributed by atoms with Crippen LogP contribution < -0.4 is 14.2 Å². The lowest BCUT2D eigenvalue weighted by Gasteiger charge is -2.14. The fourth-order valence-corrected chi connectivity index (χ4v) is 3.43. The summed E-state index contributed by atoms with van der Waals surface area (Å²) in [5.41, 5.74) is 4.07. The van der Waals surface area contributed by atoms with Crippen LogP contribution in [0.1, 0.15) is 49.8 Å². The number of nitrogens with zero attached hydrogens (tertiary/aromatic N) is 1. The first kappa shape index (κ1) is 27.3. The summed E-state index contributed by atoms with van der Waals surface area (Å²) < 4.78 is 23.4. The molecule has 0 aromatic heterocycles. The Morgan fingerprint density at radius 3 is 2.35 bits per heavy atom. The number of unbranched alkanes of at least 4 members (excludes halogenated alkanes) is 2. The zero-order valence-corrected chi connectivity index (χ0v) is 21.3. The third-order valence-corrected chi connectivity index (χ3v) is 5.04. The summed E-state index contributed by atoms with van der Waals surface area (Å²) in [5.74, 6) is 2.70. The van der Waals surface area contributed by atoms with E-state index in [1.165, 1.54) is 7.11 Å². The molecule has 0 fully saturated rings. The van der Waals surface area contributed by atoms with Crippen LogP contribution in [0.4, 0.5) is 0 Å². The van der Waals surface area contributed by atoms with Crippen LogP contribution in [0, 0.1) is 13.8 Å². The van der Waals surface area contributed by atoms with Crippen molar-refractivity contribution in [1.82, 2.24) is 0 Å². The highest BCUT2D eigenvalue weighted by atomic mass is 16.6. The van der Waals surface area contributed by atoms with Gasteiger partial charge in [0.2, 0.25) is 0 Å². The van der Waals surface area contributed by atoms with Crippen LogP contribution in [0.2, 0.25) is 0 Å². The SMILES string of the molecule is C/C=C/COc1cc(C)c(OCCCCCOc2cccc(COC/C(C)=N/OC)c2)c(C)c1. The molecule has 2 aromatic rings. The zero-order chi connectivity index (χ0) is 24.6. The molecular weight excluding hydrogens is 430 g/mol. The van der Waals surface area contributed by atoms with Crippen molar-refractivity contribution < 1.29 is 23.8 Å². The fraction of sp³-hybridized carbons (Fsp3) is 0.464. The summed E-state index contributed by atoms with van der Waals surface area (Å²) >= 11 is 0. The van der Waals surface area contributed by atoms with Crippen LogP contribution in [0.3, 0.4) is 0 Å². The van der Waals surface area contributed by atoms with Crippen LogP contribution in [0.15, 0.2) is 53.7 Å². The maximum atomic E-state index is 6.06. The normalized spacial score (nSPS) is 11.6. The standard InChI is InChI=1S/C28H39NO5/c1-6-7-14-33-27-17-22(2)28(23(3)18-27)34-16-10-8-9-15-32-26-13-11-12-25(19-26)21-31-20-24(4)29-30-5/h6-7,11-13,17-19H,8-10,14-16,20-21H2,1-5H3/b7-6+,29-24+. The summed E-state index contributed by atoms with van der Waals surface area (Å²) in [5, 5.41) is 3.84. The Kier molecular flexibility index (Phi) is 12.6. The molecule has 0 radical (unpaired) electrons. The Morgan fingerprint density at radius 2 is 1.65 bits per heavy atom. The Balaban J connectivity index is 1.64. The average Bonchev–Trinajstić information content (AvgIpc) is 2.80.